The molecule has 0 aliphatic rings. The van der Waals surface area contributed by atoms with Crippen LogP contribution in [0.3, 0.4) is 0 Å². The van der Waals surface area contributed by atoms with Crippen molar-refractivity contribution in [3.63, 3.8) is 0 Å². The first-order valence-electron chi connectivity index (χ1n) is 8.58. The molecule has 0 unspecified atom stereocenters. The summed E-state index contributed by atoms with van der Waals surface area (Å²) in [7, 11) is 0. The Bertz CT molecular complexity index is 936. The minimum absolute atomic E-state index is 0.0712. The Morgan fingerprint density at radius 3 is 2.77 bits per heavy atom. The predicted molar refractivity (Wildman–Crippen MR) is 110 cm³/mol. The highest BCUT2D eigenvalue weighted by molar-refractivity contribution is 7.99. The summed E-state index contributed by atoms with van der Waals surface area (Å²) in [6, 6.07) is 13.6. The van der Waals surface area contributed by atoms with Gasteiger partial charge in [0.2, 0.25) is 5.91 Å². The van der Waals surface area contributed by atoms with E-state index in [4.69, 9.17) is 16.6 Å². The number of para-hydroxylation sites is 2. The van der Waals surface area contributed by atoms with Gasteiger partial charge in [0.25, 0.3) is 0 Å². The Labute approximate surface area is 163 Å². The average Bonchev–Trinajstić information content (AvgIpc) is 2.94. The first-order valence-corrected chi connectivity index (χ1v) is 9.94. The number of thioether (sulfide) groups is 1. The van der Waals surface area contributed by atoms with Crippen LogP contribution in [0.15, 0.2) is 47.6 Å². The minimum atomic E-state index is -0.0712. The van der Waals surface area contributed by atoms with Crippen LogP contribution in [0.4, 0.5) is 5.69 Å². The molecule has 2 aromatic carbocycles. The number of carbonyl (C=O) groups is 1. The van der Waals surface area contributed by atoms with Crippen molar-refractivity contribution in [2.24, 2.45) is 5.92 Å². The van der Waals surface area contributed by atoms with Crippen LogP contribution in [0.1, 0.15) is 19.4 Å². The third-order valence-corrected chi connectivity index (χ3v) is 5.34. The maximum Gasteiger partial charge on any atom is 0.234 e. The number of nitrogens with zero attached hydrogens (tertiary/aromatic N) is 2. The zero-order valence-electron chi connectivity index (χ0n) is 15.1. The second-order valence-corrected chi connectivity index (χ2v) is 8.04. The van der Waals surface area contributed by atoms with Gasteiger partial charge < -0.3 is 9.88 Å². The second-order valence-electron chi connectivity index (χ2n) is 6.69. The second kappa shape index (κ2) is 8.14. The quantitative estimate of drug-likeness (QED) is 0.577. The molecular weight excluding hydrogens is 366 g/mol. The maximum absolute atomic E-state index is 12.3. The van der Waals surface area contributed by atoms with E-state index in [2.05, 4.69) is 29.8 Å². The van der Waals surface area contributed by atoms with Crippen LogP contribution in [0.5, 0.6) is 0 Å². The number of aryl methyl sites for hydroxylation is 1. The number of anilines is 1. The van der Waals surface area contributed by atoms with Crippen LogP contribution in [0, 0.1) is 12.8 Å². The molecule has 0 bridgehead atoms. The molecule has 1 aromatic heterocycles. The monoisotopic (exact) mass is 387 g/mol. The third-order valence-electron chi connectivity index (χ3n) is 3.96. The number of imidazole rings is 1. The zero-order valence-corrected chi connectivity index (χ0v) is 16.7. The Kier molecular flexibility index (Phi) is 5.89. The Hall–Kier alpha value is -1.98. The number of nitrogens with one attached hydrogen (secondary N) is 1. The topological polar surface area (TPSA) is 46.9 Å². The van der Waals surface area contributed by atoms with Crippen LogP contribution in [-0.2, 0) is 11.3 Å². The fraction of sp³-hybridized carbons (Fsp3) is 0.300. The van der Waals surface area contributed by atoms with Crippen LogP contribution in [0.2, 0.25) is 5.02 Å². The van der Waals surface area contributed by atoms with Gasteiger partial charge in [-0.05, 0) is 42.7 Å². The van der Waals surface area contributed by atoms with Crippen molar-refractivity contribution in [3.05, 3.63) is 53.1 Å². The van der Waals surface area contributed by atoms with Gasteiger partial charge in [-0.2, -0.15) is 0 Å². The van der Waals surface area contributed by atoms with Crippen molar-refractivity contribution in [2.75, 3.05) is 11.1 Å². The smallest absolute Gasteiger partial charge is 0.234 e. The molecule has 0 atom stereocenters. The summed E-state index contributed by atoms with van der Waals surface area (Å²) in [5, 5.41) is 4.41. The number of rotatable bonds is 6. The normalized spacial score (nSPS) is 11.3. The summed E-state index contributed by atoms with van der Waals surface area (Å²) in [4.78, 5) is 17.0. The lowest BCUT2D eigenvalue weighted by molar-refractivity contribution is -0.113. The van der Waals surface area contributed by atoms with Crippen molar-refractivity contribution in [2.45, 2.75) is 32.5 Å². The van der Waals surface area contributed by atoms with Crippen molar-refractivity contribution >= 4 is 46.0 Å². The highest BCUT2D eigenvalue weighted by atomic mass is 35.5. The molecule has 3 rings (SSSR count). The molecule has 3 aromatic rings. The highest BCUT2D eigenvalue weighted by Gasteiger charge is 2.14. The van der Waals surface area contributed by atoms with E-state index in [1.807, 2.05) is 37.3 Å². The number of hydrogen-bond acceptors (Lipinski definition) is 3. The first-order chi connectivity index (χ1) is 12.4. The molecule has 0 saturated heterocycles. The molecule has 0 radical (unpaired) electrons. The Balaban J connectivity index is 1.72. The van der Waals surface area contributed by atoms with Gasteiger partial charge in [0, 0.05) is 17.3 Å². The third kappa shape index (κ3) is 4.40. The molecule has 0 spiro atoms. The molecule has 6 heteroatoms. The minimum Gasteiger partial charge on any atom is -0.325 e. The molecule has 1 heterocycles. The summed E-state index contributed by atoms with van der Waals surface area (Å²) >= 11 is 7.57. The fourth-order valence-electron chi connectivity index (χ4n) is 2.70. The summed E-state index contributed by atoms with van der Waals surface area (Å²) in [6.45, 7) is 7.16. The molecule has 26 heavy (non-hydrogen) atoms. The van der Waals surface area contributed by atoms with Gasteiger partial charge in [0.1, 0.15) is 0 Å². The molecule has 1 amide bonds. The average molecular weight is 388 g/mol. The molecule has 136 valence electrons. The van der Waals surface area contributed by atoms with Gasteiger partial charge in [-0.25, -0.2) is 4.98 Å². The molecule has 0 saturated carbocycles. The van der Waals surface area contributed by atoms with Crippen molar-refractivity contribution in [1.29, 1.82) is 0 Å². The van der Waals surface area contributed by atoms with Crippen LogP contribution >= 0.6 is 23.4 Å². The van der Waals surface area contributed by atoms with Gasteiger partial charge >= 0.3 is 0 Å². The Morgan fingerprint density at radius 1 is 1.27 bits per heavy atom. The lowest BCUT2D eigenvalue weighted by atomic mass is 10.2. The Morgan fingerprint density at radius 2 is 2.04 bits per heavy atom. The summed E-state index contributed by atoms with van der Waals surface area (Å²) in [5.41, 5.74) is 3.76. The van der Waals surface area contributed by atoms with Gasteiger partial charge in [-0.15, -0.1) is 0 Å². The standard InChI is InChI=1S/C20H22ClN3OS/c1-13(2)11-24-18-7-5-4-6-17(18)23-20(24)26-12-19(25)22-15-9-8-14(3)16(21)10-15/h4-10,13H,11-12H2,1-3H3,(H,22,25). The van der Waals surface area contributed by atoms with E-state index in [9.17, 15) is 4.79 Å². The van der Waals surface area contributed by atoms with Gasteiger partial charge in [0.05, 0.1) is 16.8 Å². The van der Waals surface area contributed by atoms with E-state index in [0.717, 1.165) is 28.3 Å². The van der Waals surface area contributed by atoms with E-state index in [1.54, 1.807) is 6.07 Å². The SMILES string of the molecule is Cc1ccc(NC(=O)CSc2nc3ccccc3n2CC(C)C)cc1Cl. The fourth-order valence-corrected chi connectivity index (χ4v) is 3.71. The molecule has 0 aliphatic carbocycles. The van der Waals surface area contributed by atoms with Crippen molar-refractivity contribution < 1.29 is 4.79 Å². The maximum atomic E-state index is 12.3. The molecular formula is C20H22ClN3OS. The zero-order chi connectivity index (χ0) is 18.7. The number of benzene rings is 2. The summed E-state index contributed by atoms with van der Waals surface area (Å²) < 4.78 is 2.20. The first kappa shape index (κ1) is 18.8. The van der Waals surface area contributed by atoms with Crippen LogP contribution in [0.25, 0.3) is 11.0 Å². The molecule has 0 fully saturated rings. The molecule has 0 aliphatic heterocycles. The predicted octanol–water partition coefficient (Wildman–Crippen LogP) is 5.38. The number of fused-ring (bicyclic) bond motifs is 1. The molecule has 1 N–H and O–H groups in total. The number of carbonyl (C=O) groups excluding carboxylic acids is 1. The lowest BCUT2D eigenvalue weighted by Crippen LogP contribution is -2.15. The highest BCUT2D eigenvalue weighted by Crippen LogP contribution is 2.26. The van der Waals surface area contributed by atoms with E-state index in [-0.39, 0.29) is 5.91 Å². The van der Waals surface area contributed by atoms with Crippen molar-refractivity contribution in [3.8, 4) is 0 Å². The molecule has 4 nitrogen and oxygen atoms in total. The number of hydrogen-bond donors (Lipinski definition) is 1. The number of aromatic nitrogens is 2. The van der Waals surface area contributed by atoms with Gasteiger partial charge in [-0.1, -0.05) is 55.4 Å². The van der Waals surface area contributed by atoms with E-state index in [0.29, 0.717) is 22.4 Å². The largest absolute Gasteiger partial charge is 0.325 e. The van der Waals surface area contributed by atoms with E-state index >= 15 is 0 Å². The van der Waals surface area contributed by atoms with E-state index < -0.39 is 0 Å². The summed E-state index contributed by atoms with van der Waals surface area (Å²) in [5.74, 6) is 0.723. The van der Waals surface area contributed by atoms with Crippen LogP contribution in [-0.4, -0.2) is 21.2 Å². The van der Waals surface area contributed by atoms with Crippen molar-refractivity contribution in [1.82, 2.24) is 9.55 Å². The van der Waals surface area contributed by atoms with Gasteiger partial charge in [-0.3, -0.25) is 4.79 Å². The number of amides is 1. The van der Waals surface area contributed by atoms with Crippen LogP contribution < -0.4 is 5.32 Å². The van der Waals surface area contributed by atoms with E-state index in [1.165, 1.54) is 11.8 Å². The number of halogens is 1. The van der Waals surface area contributed by atoms with Gasteiger partial charge in [0.15, 0.2) is 5.16 Å². The summed E-state index contributed by atoms with van der Waals surface area (Å²) in [6.07, 6.45) is 0. The lowest BCUT2D eigenvalue weighted by Gasteiger charge is -2.11.